The molecule has 3 rings (SSSR count). The Morgan fingerprint density at radius 2 is 1.97 bits per heavy atom. The zero-order chi connectivity index (χ0) is 21.1. The summed E-state index contributed by atoms with van der Waals surface area (Å²) >= 11 is 4.44. The van der Waals surface area contributed by atoms with Gasteiger partial charge in [-0.15, -0.1) is 11.3 Å². The van der Waals surface area contributed by atoms with E-state index in [-0.39, 0.29) is 18.1 Å². The molecule has 0 atom stereocenters. The van der Waals surface area contributed by atoms with Crippen LogP contribution in [0.25, 0.3) is 0 Å². The predicted octanol–water partition coefficient (Wildman–Crippen LogP) is 5.70. The molecule has 150 valence electrons. The number of amides is 1. The molecule has 0 saturated carbocycles. The molecule has 0 fully saturated rings. The van der Waals surface area contributed by atoms with Crippen molar-refractivity contribution < 1.29 is 18.7 Å². The number of carbonyl (C=O) groups excluding carboxylic acids is 2. The molecule has 0 bridgehead atoms. The van der Waals surface area contributed by atoms with Crippen LogP contribution in [0.3, 0.4) is 0 Å². The number of esters is 1. The Balaban J connectivity index is 1.76. The number of hydrogen-bond acceptors (Lipinski definition) is 5. The molecule has 29 heavy (non-hydrogen) atoms. The lowest BCUT2D eigenvalue weighted by Gasteiger charge is -2.20. The van der Waals surface area contributed by atoms with Crippen LogP contribution >= 0.6 is 27.3 Å². The number of aromatic nitrogens is 1. The minimum absolute atomic E-state index is 0.0578. The number of benzene rings is 2. The van der Waals surface area contributed by atoms with Crippen LogP contribution in [0.1, 0.15) is 34.1 Å². The van der Waals surface area contributed by atoms with Crippen LogP contribution in [0.15, 0.2) is 46.3 Å². The number of hydrogen-bond donors (Lipinski definition) is 0. The fourth-order valence-electron chi connectivity index (χ4n) is 2.80. The molecule has 1 aromatic heterocycles. The maximum atomic E-state index is 13.2. The van der Waals surface area contributed by atoms with Crippen LogP contribution in [-0.2, 0) is 16.1 Å². The number of thiazole rings is 1. The van der Waals surface area contributed by atoms with Gasteiger partial charge < -0.3 is 4.74 Å². The second-order valence-corrected chi connectivity index (χ2v) is 8.16. The van der Waals surface area contributed by atoms with Crippen molar-refractivity contribution in [2.75, 3.05) is 4.90 Å². The molecule has 0 saturated heterocycles. The standard InChI is InChI=1S/C21H18BrFN2O3S/c1-12-4-7-19(13(2)8-12)25(14(3)26)21-24-16(11-29-21)10-28-20(27)17-6-5-15(23)9-18(17)22/h4-9,11H,10H2,1-3H3. The molecule has 0 spiro atoms. The number of carbonyl (C=O) groups is 2. The summed E-state index contributed by atoms with van der Waals surface area (Å²) < 4.78 is 18.8. The predicted molar refractivity (Wildman–Crippen MR) is 114 cm³/mol. The molecule has 1 heterocycles. The van der Waals surface area contributed by atoms with E-state index in [0.717, 1.165) is 16.8 Å². The number of halogens is 2. The third-order valence-corrected chi connectivity index (χ3v) is 5.67. The van der Waals surface area contributed by atoms with E-state index < -0.39 is 11.8 Å². The minimum atomic E-state index is -0.593. The highest BCUT2D eigenvalue weighted by Gasteiger charge is 2.20. The van der Waals surface area contributed by atoms with Crippen LogP contribution in [0.2, 0.25) is 0 Å². The molecule has 0 unspecified atom stereocenters. The number of aryl methyl sites for hydroxylation is 2. The summed E-state index contributed by atoms with van der Waals surface area (Å²) in [7, 11) is 0. The van der Waals surface area contributed by atoms with Gasteiger partial charge in [-0.1, -0.05) is 17.7 Å². The Bertz CT molecular complexity index is 1080. The second-order valence-electron chi connectivity index (χ2n) is 6.47. The van der Waals surface area contributed by atoms with Crippen LogP contribution in [0.4, 0.5) is 15.2 Å². The first kappa shape index (κ1) is 21.1. The van der Waals surface area contributed by atoms with Crippen molar-refractivity contribution in [3.8, 4) is 0 Å². The zero-order valence-corrected chi connectivity index (χ0v) is 18.4. The average Bonchev–Trinajstić information content (AvgIpc) is 3.10. The van der Waals surface area contributed by atoms with Gasteiger partial charge in [0.2, 0.25) is 5.91 Å². The highest BCUT2D eigenvalue weighted by Crippen LogP contribution is 2.32. The summed E-state index contributed by atoms with van der Waals surface area (Å²) in [5.41, 5.74) is 3.57. The first-order valence-electron chi connectivity index (χ1n) is 8.71. The summed E-state index contributed by atoms with van der Waals surface area (Å²) in [4.78, 5) is 30.5. The first-order chi connectivity index (χ1) is 13.8. The summed E-state index contributed by atoms with van der Waals surface area (Å²) in [5.74, 6) is -1.21. The lowest BCUT2D eigenvalue weighted by Crippen LogP contribution is -2.23. The van der Waals surface area contributed by atoms with E-state index in [1.54, 1.807) is 10.3 Å². The first-order valence-corrected chi connectivity index (χ1v) is 10.4. The minimum Gasteiger partial charge on any atom is -0.456 e. The van der Waals surface area contributed by atoms with Crippen molar-refractivity contribution in [3.63, 3.8) is 0 Å². The smallest absolute Gasteiger partial charge is 0.339 e. The summed E-state index contributed by atoms with van der Waals surface area (Å²) in [6.07, 6.45) is 0. The van der Waals surface area contributed by atoms with E-state index in [1.165, 1.54) is 36.5 Å². The SMILES string of the molecule is CC(=O)N(c1nc(COC(=O)c2ccc(F)cc2Br)cs1)c1ccc(C)cc1C. The second kappa shape index (κ2) is 8.84. The van der Waals surface area contributed by atoms with Gasteiger partial charge in [0.25, 0.3) is 0 Å². The molecular formula is C21H18BrFN2O3S. The number of nitrogens with zero attached hydrogens (tertiary/aromatic N) is 2. The number of anilines is 2. The maximum absolute atomic E-state index is 13.2. The highest BCUT2D eigenvalue weighted by molar-refractivity contribution is 9.10. The Morgan fingerprint density at radius 1 is 1.21 bits per heavy atom. The summed E-state index contributed by atoms with van der Waals surface area (Å²) in [6.45, 7) is 5.35. The van der Waals surface area contributed by atoms with Gasteiger partial charge in [0, 0.05) is 16.8 Å². The monoisotopic (exact) mass is 476 g/mol. The third kappa shape index (κ3) is 4.89. The van der Waals surface area contributed by atoms with Gasteiger partial charge in [-0.3, -0.25) is 9.69 Å². The van der Waals surface area contributed by atoms with Crippen LogP contribution in [0, 0.1) is 19.7 Å². The van der Waals surface area contributed by atoms with E-state index in [4.69, 9.17) is 4.74 Å². The Kier molecular flexibility index (Phi) is 6.44. The molecule has 0 aliphatic carbocycles. The average molecular weight is 477 g/mol. The van der Waals surface area contributed by atoms with Gasteiger partial charge in [-0.05, 0) is 59.6 Å². The normalized spacial score (nSPS) is 10.7. The van der Waals surface area contributed by atoms with E-state index >= 15 is 0 Å². The number of rotatable bonds is 5. The molecule has 0 aliphatic rings. The van der Waals surface area contributed by atoms with Crippen molar-refractivity contribution in [2.45, 2.75) is 27.4 Å². The van der Waals surface area contributed by atoms with Crippen LogP contribution in [0.5, 0.6) is 0 Å². The van der Waals surface area contributed by atoms with Crippen LogP contribution < -0.4 is 4.90 Å². The summed E-state index contributed by atoms with van der Waals surface area (Å²) in [6, 6.07) is 9.57. The van der Waals surface area contributed by atoms with E-state index in [1.807, 2.05) is 32.0 Å². The fourth-order valence-corrected chi connectivity index (χ4v) is 4.18. The zero-order valence-electron chi connectivity index (χ0n) is 16.0. The molecule has 8 heteroatoms. The fraction of sp³-hybridized carbons (Fsp3) is 0.190. The van der Waals surface area contributed by atoms with Gasteiger partial charge >= 0.3 is 5.97 Å². The maximum Gasteiger partial charge on any atom is 0.339 e. The van der Waals surface area contributed by atoms with Crippen molar-refractivity contribution in [3.05, 3.63) is 74.5 Å². The van der Waals surface area contributed by atoms with Crippen molar-refractivity contribution in [2.24, 2.45) is 0 Å². The van der Waals surface area contributed by atoms with Gasteiger partial charge in [0.15, 0.2) is 5.13 Å². The lowest BCUT2D eigenvalue weighted by atomic mass is 10.1. The molecule has 0 aliphatic heterocycles. The molecule has 1 amide bonds. The molecule has 5 nitrogen and oxygen atoms in total. The molecule has 2 aromatic carbocycles. The van der Waals surface area contributed by atoms with Crippen LogP contribution in [-0.4, -0.2) is 16.9 Å². The highest BCUT2D eigenvalue weighted by atomic mass is 79.9. The van der Waals surface area contributed by atoms with Crippen molar-refractivity contribution in [1.82, 2.24) is 4.98 Å². The Hall–Kier alpha value is -2.58. The molecule has 3 aromatic rings. The molecule has 0 N–H and O–H groups in total. The molecule has 0 radical (unpaired) electrons. The van der Waals surface area contributed by atoms with E-state index in [9.17, 15) is 14.0 Å². The molecular weight excluding hydrogens is 459 g/mol. The summed E-state index contributed by atoms with van der Waals surface area (Å²) in [5, 5.41) is 2.24. The largest absolute Gasteiger partial charge is 0.456 e. The Morgan fingerprint density at radius 3 is 2.62 bits per heavy atom. The van der Waals surface area contributed by atoms with Gasteiger partial charge in [-0.25, -0.2) is 14.2 Å². The Labute approximate surface area is 180 Å². The van der Waals surface area contributed by atoms with Crippen molar-refractivity contribution in [1.29, 1.82) is 0 Å². The van der Waals surface area contributed by atoms with Gasteiger partial charge in [0.05, 0.1) is 16.9 Å². The number of ether oxygens (including phenoxy) is 1. The quantitative estimate of drug-likeness (QED) is 0.442. The van der Waals surface area contributed by atoms with Crippen molar-refractivity contribution >= 4 is 50.0 Å². The van der Waals surface area contributed by atoms with E-state index in [0.29, 0.717) is 15.3 Å². The van der Waals surface area contributed by atoms with Gasteiger partial charge in [0.1, 0.15) is 12.4 Å². The topological polar surface area (TPSA) is 59.5 Å². The third-order valence-electron chi connectivity index (χ3n) is 4.14. The van der Waals surface area contributed by atoms with Gasteiger partial charge in [-0.2, -0.15) is 0 Å². The van der Waals surface area contributed by atoms with E-state index in [2.05, 4.69) is 20.9 Å². The lowest BCUT2D eigenvalue weighted by molar-refractivity contribution is -0.115.